The van der Waals surface area contributed by atoms with Crippen LogP contribution in [-0.4, -0.2) is 16.5 Å². The highest BCUT2D eigenvalue weighted by atomic mass is 35.5. The molecule has 1 aromatic rings. The minimum absolute atomic E-state index is 0.318. The molecule has 1 aliphatic carbocycles. The number of hydrogen-bond donors (Lipinski definition) is 2. The topological polar surface area (TPSA) is 63.8 Å². The maximum atomic E-state index is 6.03. The molecule has 0 aliphatic heterocycles. The predicted octanol–water partition coefficient (Wildman–Crippen LogP) is 2.81. The molecule has 1 fully saturated rings. The highest BCUT2D eigenvalue weighted by molar-refractivity contribution is 6.35. The van der Waals surface area contributed by atoms with E-state index < -0.39 is 0 Å². The van der Waals surface area contributed by atoms with E-state index in [-0.39, 0.29) is 0 Å². The highest BCUT2D eigenvalue weighted by Gasteiger charge is 2.64. The molecule has 94 valence electrons. The van der Waals surface area contributed by atoms with E-state index in [4.69, 9.17) is 17.3 Å². The minimum Gasteiger partial charge on any atom is -0.382 e. The monoisotopic (exact) mass is 254 g/mol. The van der Waals surface area contributed by atoms with Gasteiger partial charge in [-0.2, -0.15) is 0 Å². The third kappa shape index (κ3) is 1.84. The van der Waals surface area contributed by atoms with Gasteiger partial charge in [0.15, 0.2) is 0 Å². The standard InChI is InChI=1S/C12H19ClN4/c1-11(2)7(12(11,3)4)5-15-10-8(13)9(14)16-6-17-10/h6-7H,5H2,1-4H3,(H3,14,15,16,17). The molecule has 1 aliphatic rings. The molecule has 0 spiro atoms. The second-order valence-electron chi connectivity index (χ2n) is 5.80. The van der Waals surface area contributed by atoms with E-state index in [1.54, 1.807) is 0 Å². The summed E-state index contributed by atoms with van der Waals surface area (Å²) < 4.78 is 0. The molecule has 2 rings (SSSR count). The summed E-state index contributed by atoms with van der Waals surface area (Å²) in [5.74, 6) is 1.55. The quantitative estimate of drug-likeness (QED) is 0.871. The molecule has 0 atom stereocenters. The van der Waals surface area contributed by atoms with Crippen molar-refractivity contribution in [2.45, 2.75) is 27.7 Å². The second kappa shape index (κ2) is 3.73. The lowest BCUT2D eigenvalue weighted by Gasteiger charge is -2.08. The Morgan fingerprint density at radius 3 is 2.41 bits per heavy atom. The van der Waals surface area contributed by atoms with Gasteiger partial charge in [-0.1, -0.05) is 39.3 Å². The zero-order chi connectivity index (χ0) is 12.8. The van der Waals surface area contributed by atoms with Crippen LogP contribution in [0.2, 0.25) is 5.02 Å². The Morgan fingerprint density at radius 2 is 1.88 bits per heavy atom. The van der Waals surface area contributed by atoms with Crippen molar-refractivity contribution < 1.29 is 0 Å². The molecule has 5 heteroatoms. The first-order valence-electron chi connectivity index (χ1n) is 5.78. The van der Waals surface area contributed by atoms with Gasteiger partial charge in [-0.25, -0.2) is 9.97 Å². The largest absolute Gasteiger partial charge is 0.382 e. The fraction of sp³-hybridized carbons (Fsp3) is 0.667. The minimum atomic E-state index is 0.318. The van der Waals surface area contributed by atoms with Crippen LogP contribution in [0.4, 0.5) is 11.6 Å². The number of nitrogens with zero attached hydrogens (tertiary/aromatic N) is 2. The predicted molar refractivity (Wildman–Crippen MR) is 71.0 cm³/mol. The molecule has 1 saturated carbocycles. The van der Waals surface area contributed by atoms with Crippen LogP contribution in [0.1, 0.15) is 27.7 Å². The number of rotatable bonds is 3. The first-order chi connectivity index (χ1) is 7.78. The Labute approximate surface area is 107 Å². The zero-order valence-corrected chi connectivity index (χ0v) is 11.5. The van der Waals surface area contributed by atoms with Crippen LogP contribution in [-0.2, 0) is 0 Å². The van der Waals surface area contributed by atoms with E-state index >= 15 is 0 Å². The van der Waals surface area contributed by atoms with Gasteiger partial charge in [0.1, 0.15) is 23.0 Å². The summed E-state index contributed by atoms with van der Waals surface area (Å²) in [7, 11) is 0. The number of nitrogens with two attached hydrogens (primary N) is 1. The Bertz CT molecular complexity index is 428. The summed E-state index contributed by atoms with van der Waals surface area (Å²) >= 11 is 6.03. The van der Waals surface area contributed by atoms with Gasteiger partial charge in [0, 0.05) is 6.54 Å². The third-order valence-corrected chi connectivity index (χ3v) is 4.98. The van der Waals surface area contributed by atoms with E-state index in [1.807, 2.05) is 0 Å². The summed E-state index contributed by atoms with van der Waals surface area (Å²) in [6, 6.07) is 0. The van der Waals surface area contributed by atoms with Crippen molar-refractivity contribution in [1.82, 2.24) is 9.97 Å². The van der Waals surface area contributed by atoms with Crippen molar-refractivity contribution in [3.63, 3.8) is 0 Å². The van der Waals surface area contributed by atoms with Crippen LogP contribution in [0.15, 0.2) is 6.33 Å². The molecule has 4 nitrogen and oxygen atoms in total. The molecular formula is C12H19ClN4. The molecule has 0 radical (unpaired) electrons. The van der Waals surface area contributed by atoms with E-state index in [0.717, 1.165) is 6.54 Å². The van der Waals surface area contributed by atoms with Crippen LogP contribution in [0.3, 0.4) is 0 Å². The third-order valence-electron chi connectivity index (χ3n) is 4.61. The Balaban J connectivity index is 2.03. The van der Waals surface area contributed by atoms with Crippen molar-refractivity contribution in [2.75, 3.05) is 17.6 Å². The number of aromatic nitrogens is 2. The number of nitrogen functional groups attached to an aromatic ring is 1. The zero-order valence-electron chi connectivity index (χ0n) is 10.7. The SMILES string of the molecule is CC1(C)C(CNc2ncnc(N)c2Cl)C1(C)C. The smallest absolute Gasteiger partial charge is 0.150 e. The summed E-state index contributed by atoms with van der Waals surface area (Å²) in [5.41, 5.74) is 6.33. The van der Waals surface area contributed by atoms with Crippen LogP contribution in [0.5, 0.6) is 0 Å². The lowest BCUT2D eigenvalue weighted by Crippen LogP contribution is -2.10. The molecule has 1 aromatic heterocycles. The van der Waals surface area contributed by atoms with Crippen molar-refractivity contribution in [1.29, 1.82) is 0 Å². The van der Waals surface area contributed by atoms with Gasteiger partial charge in [0.25, 0.3) is 0 Å². The summed E-state index contributed by atoms with van der Waals surface area (Å²) in [6.45, 7) is 10.0. The molecule has 0 saturated heterocycles. The second-order valence-corrected chi connectivity index (χ2v) is 6.18. The van der Waals surface area contributed by atoms with Crippen LogP contribution in [0, 0.1) is 16.7 Å². The van der Waals surface area contributed by atoms with E-state index in [2.05, 4.69) is 43.0 Å². The number of hydrogen-bond acceptors (Lipinski definition) is 4. The average molecular weight is 255 g/mol. The van der Waals surface area contributed by atoms with Crippen LogP contribution < -0.4 is 11.1 Å². The normalized spacial score (nSPS) is 21.2. The van der Waals surface area contributed by atoms with Crippen molar-refractivity contribution in [2.24, 2.45) is 16.7 Å². The fourth-order valence-electron chi connectivity index (χ4n) is 2.55. The van der Waals surface area contributed by atoms with Gasteiger partial charge < -0.3 is 11.1 Å². The van der Waals surface area contributed by atoms with E-state index in [9.17, 15) is 0 Å². The Kier molecular flexibility index (Phi) is 2.73. The van der Waals surface area contributed by atoms with Gasteiger partial charge in [0.2, 0.25) is 0 Å². The first-order valence-corrected chi connectivity index (χ1v) is 6.16. The number of halogens is 1. The maximum absolute atomic E-state index is 6.03. The first kappa shape index (κ1) is 12.4. The molecular weight excluding hydrogens is 236 g/mol. The summed E-state index contributed by atoms with van der Waals surface area (Å²) in [4.78, 5) is 7.93. The maximum Gasteiger partial charge on any atom is 0.150 e. The summed E-state index contributed by atoms with van der Waals surface area (Å²) in [6.07, 6.45) is 1.42. The van der Waals surface area contributed by atoms with Crippen LogP contribution >= 0.6 is 11.6 Å². The molecule has 0 bridgehead atoms. The number of anilines is 2. The molecule has 3 N–H and O–H groups in total. The lowest BCUT2D eigenvalue weighted by molar-refractivity contribution is 0.457. The van der Waals surface area contributed by atoms with Crippen molar-refractivity contribution in [3.8, 4) is 0 Å². The highest BCUT2D eigenvalue weighted by Crippen LogP contribution is 2.68. The Hall–Kier alpha value is -1.03. The van der Waals surface area contributed by atoms with Gasteiger partial charge in [0.05, 0.1) is 0 Å². The molecule has 0 aromatic carbocycles. The van der Waals surface area contributed by atoms with Gasteiger partial charge >= 0.3 is 0 Å². The van der Waals surface area contributed by atoms with Gasteiger partial charge in [-0.15, -0.1) is 0 Å². The van der Waals surface area contributed by atoms with Crippen LogP contribution in [0.25, 0.3) is 0 Å². The van der Waals surface area contributed by atoms with Crippen molar-refractivity contribution >= 4 is 23.2 Å². The van der Waals surface area contributed by atoms with Gasteiger partial charge in [-0.3, -0.25) is 0 Å². The lowest BCUT2D eigenvalue weighted by atomic mass is 10.0. The molecule has 17 heavy (non-hydrogen) atoms. The summed E-state index contributed by atoms with van der Waals surface area (Å²) in [5, 5.41) is 3.67. The van der Waals surface area contributed by atoms with Crippen molar-refractivity contribution in [3.05, 3.63) is 11.3 Å². The molecule has 0 unspecified atom stereocenters. The average Bonchev–Trinajstić information content (AvgIpc) is 2.61. The van der Waals surface area contributed by atoms with E-state index in [1.165, 1.54) is 6.33 Å². The van der Waals surface area contributed by atoms with E-state index in [0.29, 0.717) is 33.4 Å². The van der Waals surface area contributed by atoms with Gasteiger partial charge in [-0.05, 0) is 16.7 Å². The fourth-order valence-corrected chi connectivity index (χ4v) is 2.71. The molecule has 0 amide bonds. The number of nitrogens with one attached hydrogen (secondary N) is 1. The molecule has 1 heterocycles. The Morgan fingerprint density at radius 1 is 1.29 bits per heavy atom.